The molecule has 20 heavy (non-hydrogen) atoms. The SMILES string of the molecule is O=C(NC1CC2CCN(C2)C1)c1cc2scnc2cn1. The Morgan fingerprint density at radius 1 is 1.40 bits per heavy atom. The van der Waals surface area contributed by atoms with Crippen molar-refractivity contribution in [2.45, 2.75) is 18.9 Å². The van der Waals surface area contributed by atoms with E-state index >= 15 is 0 Å². The summed E-state index contributed by atoms with van der Waals surface area (Å²) in [5, 5.41) is 3.13. The quantitative estimate of drug-likeness (QED) is 0.910. The van der Waals surface area contributed by atoms with Crippen molar-refractivity contribution in [2.75, 3.05) is 19.6 Å². The van der Waals surface area contributed by atoms with Gasteiger partial charge in [0.15, 0.2) is 0 Å². The normalized spacial score (nSPS) is 28.7. The molecule has 2 saturated heterocycles. The molecular formula is C14H16N4OS. The second-order valence-corrected chi connectivity index (χ2v) is 6.60. The molecule has 6 heteroatoms. The number of pyridine rings is 1. The Kier molecular flexibility index (Phi) is 2.93. The first-order valence-corrected chi connectivity index (χ1v) is 7.88. The van der Waals surface area contributed by atoms with E-state index < -0.39 is 0 Å². The molecule has 4 rings (SSSR count). The zero-order valence-electron chi connectivity index (χ0n) is 11.1. The summed E-state index contributed by atoms with van der Waals surface area (Å²) in [5.74, 6) is 0.693. The minimum absolute atomic E-state index is 0.0622. The molecule has 3 unspecified atom stereocenters. The Bertz CT molecular complexity index is 643. The fraction of sp³-hybridized carbons (Fsp3) is 0.500. The van der Waals surface area contributed by atoms with E-state index in [1.54, 1.807) is 11.7 Å². The summed E-state index contributed by atoms with van der Waals surface area (Å²) in [6.45, 7) is 3.37. The van der Waals surface area contributed by atoms with Crippen LogP contribution in [0.25, 0.3) is 10.2 Å². The van der Waals surface area contributed by atoms with Crippen LogP contribution in [0.5, 0.6) is 0 Å². The Hall–Kier alpha value is -1.53. The molecule has 2 bridgehead atoms. The number of amides is 1. The number of hydrogen-bond acceptors (Lipinski definition) is 5. The highest BCUT2D eigenvalue weighted by molar-refractivity contribution is 7.16. The molecule has 1 N–H and O–H groups in total. The maximum absolute atomic E-state index is 12.3. The van der Waals surface area contributed by atoms with Crippen molar-refractivity contribution in [3.8, 4) is 0 Å². The second kappa shape index (κ2) is 4.79. The fourth-order valence-electron chi connectivity index (χ4n) is 3.31. The van der Waals surface area contributed by atoms with Crippen LogP contribution in [-0.4, -0.2) is 46.5 Å². The molecule has 2 fully saturated rings. The van der Waals surface area contributed by atoms with Gasteiger partial charge in [-0.1, -0.05) is 0 Å². The van der Waals surface area contributed by atoms with Gasteiger partial charge in [-0.3, -0.25) is 4.79 Å². The Morgan fingerprint density at radius 3 is 3.25 bits per heavy atom. The van der Waals surface area contributed by atoms with E-state index in [-0.39, 0.29) is 11.9 Å². The van der Waals surface area contributed by atoms with Crippen molar-refractivity contribution in [3.05, 3.63) is 23.5 Å². The molecule has 0 aliphatic carbocycles. The van der Waals surface area contributed by atoms with Gasteiger partial charge in [0.2, 0.25) is 0 Å². The first-order chi connectivity index (χ1) is 9.78. The molecule has 2 aliphatic rings. The fourth-order valence-corrected chi connectivity index (χ4v) is 3.99. The number of nitrogens with one attached hydrogen (secondary N) is 1. The summed E-state index contributed by atoms with van der Waals surface area (Å²) in [5.41, 5.74) is 3.13. The van der Waals surface area contributed by atoms with E-state index in [1.807, 2.05) is 6.07 Å². The van der Waals surface area contributed by atoms with Crippen LogP contribution in [0.1, 0.15) is 23.3 Å². The zero-order valence-corrected chi connectivity index (χ0v) is 11.9. The van der Waals surface area contributed by atoms with Crippen molar-refractivity contribution < 1.29 is 4.79 Å². The first kappa shape index (κ1) is 12.2. The van der Waals surface area contributed by atoms with Gasteiger partial charge in [0.05, 0.1) is 21.9 Å². The molecule has 0 saturated carbocycles. The number of hydrogen-bond donors (Lipinski definition) is 1. The Balaban J connectivity index is 1.49. The maximum atomic E-state index is 12.3. The molecule has 4 heterocycles. The number of carbonyl (C=O) groups excluding carboxylic acids is 1. The first-order valence-electron chi connectivity index (χ1n) is 7.00. The standard InChI is InChI=1S/C14H16N4OS/c19-14(11-4-13-12(5-15-11)16-8-20-13)17-10-3-9-1-2-18(6-9)7-10/h4-5,8-10H,1-3,6-7H2,(H,17,19). The summed E-state index contributed by atoms with van der Waals surface area (Å²) < 4.78 is 1.01. The lowest BCUT2D eigenvalue weighted by Crippen LogP contribution is -2.47. The average Bonchev–Trinajstić information content (AvgIpc) is 3.04. The topological polar surface area (TPSA) is 58.1 Å². The van der Waals surface area contributed by atoms with Crippen LogP contribution in [0, 0.1) is 5.92 Å². The van der Waals surface area contributed by atoms with Gasteiger partial charge in [-0.15, -0.1) is 11.3 Å². The number of piperidine rings is 1. The lowest BCUT2D eigenvalue weighted by atomic mass is 9.97. The summed E-state index contributed by atoms with van der Waals surface area (Å²) in [7, 11) is 0. The van der Waals surface area contributed by atoms with Crippen LogP contribution in [0.2, 0.25) is 0 Å². The molecule has 2 aromatic rings. The summed E-state index contributed by atoms with van der Waals surface area (Å²) in [4.78, 5) is 23.1. The molecule has 0 aromatic carbocycles. The third-order valence-electron chi connectivity index (χ3n) is 4.25. The molecule has 3 atom stereocenters. The third kappa shape index (κ3) is 2.19. The molecule has 0 radical (unpaired) electrons. The zero-order chi connectivity index (χ0) is 13.5. The van der Waals surface area contributed by atoms with Gasteiger partial charge in [0, 0.05) is 19.1 Å². The number of aromatic nitrogens is 2. The monoisotopic (exact) mass is 288 g/mol. The van der Waals surface area contributed by atoms with Gasteiger partial charge in [0.1, 0.15) is 5.69 Å². The highest BCUT2D eigenvalue weighted by Gasteiger charge is 2.33. The smallest absolute Gasteiger partial charge is 0.270 e. The van der Waals surface area contributed by atoms with E-state index in [9.17, 15) is 4.79 Å². The van der Waals surface area contributed by atoms with Crippen LogP contribution >= 0.6 is 11.3 Å². The lowest BCUT2D eigenvalue weighted by Gasteiger charge is -2.30. The van der Waals surface area contributed by atoms with Crippen molar-refractivity contribution >= 4 is 27.5 Å². The maximum Gasteiger partial charge on any atom is 0.270 e. The van der Waals surface area contributed by atoms with Crippen molar-refractivity contribution in [1.29, 1.82) is 0 Å². The Labute approximate surface area is 121 Å². The summed E-state index contributed by atoms with van der Waals surface area (Å²) >= 11 is 1.54. The van der Waals surface area contributed by atoms with Gasteiger partial charge in [0.25, 0.3) is 5.91 Å². The van der Waals surface area contributed by atoms with Gasteiger partial charge in [-0.05, 0) is 31.4 Å². The molecule has 5 nitrogen and oxygen atoms in total. The Morgan fingerprint density at radius 2 is 2.35 bits per heavy atom. The summed E-state index contributed by atoms with van der Waals surface area (Å²) in [6.07, 6.45) is 4.05. The van der Waals surface area contributed by atoms with Crippen LogP contribution < -0.4 is 5.32 Å². The van der Waals surface area contributed by atoms with Crippen molar-refractivity contribution in [3.63, 3.8) is 0 Å². The molecular weight excluding hydrogens is 272 g/mol. The average molecular weight is 288 g/mol. The lowest BCUT2D eigenvalue weighted by molar-refractivity contribution is 0.0904. The van der Waals surface area contributed by atoms with E-state index in [1.165, 1.54) is 30.8 Å². The van der Waals surface area contributed by atoms with Crippen LogP contribution in [0.3, 0.4) is 0 Å². The number of carbonyl (C=O) groups is 1. The third-order valence-corrected chi connectivity index (χ3v) is 5.04. The van der Waals surface area contributed by atoms with Crippen LogP contribution in [-0.2, 0) is 0 Å². The predicted octanol–water partition coefficient (Wildman–Crippen LogP) is 1.52. The minimum Gasteiger partial charge on any atom is -0.347 e. The van der Waals surface area contributed by atoms with Crippen molar-refractivity contribution in [2.24, 2.45) is 5.92 Å². The van der Waals surface area contributed by atoms with E-state index in [4.69, 9.17) is 0 Å². The minimum atomic E-state index is -0.0622. The van der Waals surface area contributed by atoms with E-state index in [0.717, 1.165) is 29.1 Å². The predicted molar refractivity (Wildman–Crippen MR) is 77.8 cm³/mol. The van der Waals surface area contributed by atoms with Gasteiger partial charge >= 0.3 is 0 Å². The highest BCUT2D eigenvalue weighted by Crippen LogP contribution is 2.27. The molecule has 2 aliphatic heterocycles. The van der Waals surface area contributed by atoms with Crippen LogP contribution in [0.15, 0.2) is 17.8 Å². The van der Waals surface area contributed by atoms with Gasteiger partial charge in [-0.2, -0.15) is 0 Å². The molecule has 0 spiro atoms. The number of thiazole rings is 1. The van der Waals surface area contributed by atoms with E-state index in [0.29, 0.717) is 5.69 Å². The molecule has 1 amide bonds. The van der Waals surface area contributed by atoms with Crippen LogP contribution in [0.4, 0.5) is 0 Å². The number of fused-ring (bicyclic) bond motifs is 3. The highest BCUT2D eigenvalue weighted by atomic mass is 32.1. The van der Waals surface area contributed by atoms with Crippen molar-refractivity contribution in [1.82, 2.24) is 20.2 Å². The van der Waals surface area contributed by atoms with Gasteiger partial charge < -0.3 is 10.2 Å². The molecule has 104 valence electrons. The number of nitrogens with zero attached hydrogens (tertiary/aromatic N) is 3. The van der Waals surface area contributed by atoms with E-state index in [2.05, 4.69) is 20.2 Å². The second-order valence-electron chi connectivity index (χ2n) is 5.71. The summed E-state index contributed by atoms with van der Waals surface area (Å²) in [6, 6.07) is 2.10. The largest absolute Gasteiger partial charge is 0.347 e. The number of rotatable bonds is 2. The molecule has 2 aromatic heterocycles. The van der Waals surface area contributed by atoms with Gasteiger partial charge in [-0.25, -0.2) is 9.97 Å².